The summed E-state index contributed by atoms with van der Waals surface area (Å²) in [4.78, 5) is 10.2. The number of hydrogen-bond donors (Lipinski definition) is 1. The lowest BCUT2D eigenvalue weighted by molar-refractivity contribution is -0.137. The van der Waals surface area contributed by atoms with Crippen LogP contribution in [0.5, 0.6) is 0 Å². The molecule has 0 unspecified atom stereocenters. The molecule has 0 spiro atoms. The zero-order valence-corrected chi connectivity index (χ0v) is 9.87. The summed E-state index contributed by atoms with van der Waals surface area (Å²) in [5.41, 5.74) is 0. The Morgan fingerprint density at radius 3 is 2.20 bits per heavy atom. The van der Waals surface area contributed by atoms with Crippen LogP contribution in [0.3, 0.4) is 0 Å². The SMILES string of the molecule is CC/C=C\CCCCCCCCC(=O)O. The maximum Gasteiger partial charge on any atom is 0.303 e. The Labute approximate surface area is 93.4 Å². The smallest absolute Gasteiger partial charge is 0.303 e. The van der Waals surface area contributed by atoms with Gasteiger partial charge in [-0.1, -0.05) is 44.8 Å². The molecule has 0 bridgehead atoms. The first kappa shape index (κ1) is 14.2. The van der Waals surface area contributed by atoms with Gasteiger partial charge in [0.05, 0.1) is 0 Å². The third-order valence-corrected chi connectivity index (χ3v) is 2.41. The predicted molar refractivity (Wildman–Crippen MR) is 64.0 cm³/mol. The molecule has 0 aliphatic carbocycles. The Hall–Kier alpha value is -0.790. The topological polar surface area (TPSA) is 37.3 Å². The third kappa shape index (κ3) is 13.2. The molecule has 2 heteroatoms. The van der Waals surface area contributed by atoms with Crippen LogP contribution in [0.15, 0.2) is 12.2 Å². The fourth-order valence-electron chi connectivity index (χ4n) is 1.53. The molecule has 0 aromatic heterocycles. The maximum atomic E-state index is 10.2. The van der Waals surface area contributed by atoms with Gasteiger partial charge < -0.3 is 5.11 Å². The average molecular weight is 212 g/mol. The number of rotatable bonds is 10. The monoisotopic (exact) mass is 212 g/mol. The second-order valence-electron chi connectivity index (χ2n) is 3.93. The minimum atomic E-state index is -0.667. The fourth-order valence-corrected chi connectivity index (χ4v) is 1.53. The van der Waals surface area contributed by atoms with Crippen LogP contribution in [0.4, 0.5) is 0 Å². The Morgan fingerprint density at radius 1 is 1.00 bits per heavy atom. The van der Waals surface area contributed by atoms with Crippen molar-refractivity contribution >= 4 is 5.97 Å². The highest BCUT2D eigenvalue weighted by atomic mass is 16.4. The van der Waals surface area contributed by atoms with Crippen molar-refractivity contribution in [2.75, 3.05) is 0 Å². The first-order chi connectivity index (χ1) is 7.27. The predicted octanol–water partition coefficient (Wildman–Crippen LogP) is 4.16. The van der Waals surface area contributed by atoms with Crippen LogP contribution in [0, 0.1) is 0 Å². The summed E-state index contributed by atoms with van der Waals surface area (Å²) in [7, 11) is 0. The molecule has 0 saturated heterocycles. The number of carboxylic acids is 1. The lowest BCUT2D eigenvalue weighted by Gasteiger charge is -1.99. The molecule has 0 aliphatic heterocycles. The van der Waals surface area contributed by atoms with E-state index in [0.717, 1.165) is 19.3 Å². The van der Waals surface area contributed by atoms with Crippen molar-refractivity contribution in [3.8, 4) is 0 Å². The van der Waals surface area contributed by atoms with E-state index in [1.807, 2.05) is 0 Å². The van der Waals surface area contributed by atoms with E-state index >= 15 is 0 Å². The van der Waals surface area contributed by atoms with Gasteiger partial charge in [0.25, 0.3) is 0 Å². The minimum absolute atomic E-state index is 0.333. The molecule has 88 valence electrons. The third-order valence-electron chi connectivity index (χ3n) is 2.41. The Morgan fingerprint density at radius 2 is 1.60 bits per heavy atom. The average Bonchev–Trinajstić information content (AvgIpc) is 2.20. The molecule has 0 radical (unpaired) electrons. The van der Waals surface area contributed by atoms with E-state index in [1.54, 1.807) is 0 Å². The minimum Gasteiger partial charge on any atom is -0.481 e. The van der Waals surface area contributed by atoms with Gasteiger partial charge in [0.2, 0.25) is 0 Å². The zero-order valence-electron chi connectivity index (χ0n) is 9.87. The number of aliphatic carboxylic acids is 1. The number of unbranched alkanes of at least 4 members (excludes halogenated alkanes) is 6. The molecular weight excluding hydrogens is 188 g/mol. The van der Waals surface area contributed by atoms with Gasteiger partial charge in [-0.15, -0.1) is 0 Å². The summed E-state index contributed by atoms with van der Waals surface area (Å²) in [6, 6.07) is 0. The second kappa shape index (κ2) is 11.3. The van der Waals surface area contributed by atoms with Crippen molar-refractivity contribution in [1.29, 1.82) is 0 Å². The molecule has 1 N–H and O–H groups in total. The van der Waals surface area contributed by atoms with Gasteiger partial charge in [0.15, 0.2) is 0 Å². The van der Waals surface area contributed by atoms with Gasteiger partial charge in [-0.05, 0) is 25.7 Å². The molecule has 15 heavy (non-hydrogen) atoms. The van der Waals surface area contributed by atoms with Crippen molar-refractivity contribution in [2.24, 2.45) is 0 Å². The van der Waals surface area contributed by atoms with Crippen molar-refractivity contribution in [3.05, 3.63) is 12.2 Å². The lowest BCUT2D eigenvalue weighted by Crippen LogP contribution is -1.93. The number of carbonyl (C=O) groups is 1. The van der Waals surface area contributed by atoms with Crippen molar-refractivity contribution in [1.82, 2.24) is 0 Å². The van der Waals surface area contributed by atoms with Crippen LogP contribution in [-0.4, -0.2) is 11.1 Å². The van der Waals surface area contributed by atoms with E-state index < -0.39 is 5.97 Å². The fraction of sp³-hybridized carbons (Fsp3) is 0.769. The first-order valence-corrected chi connectivity index (χ1v) is 6.14. The normalized spacial score (nSPS) is 11.0. The second-order valence-corrected chi connectivity index (χ2v) is 3.93. The highest BCUT2D eigenvalue weighted by Crippen LogP contribution is 2.08. The van der Waals surface area contributed by atoms with Crippen LogP contribution >= 0.6 is 0 Å². The van der Waals surface area contributed by atoms with E-state index in [9.17, 15) is 4.79 Å². The number of carboxylic acid groups (broad SMARTS) is 1. The van der Waals surface area contributed by atoms with Crippen LogP contribution in [0.2, 0.25) is 0 Å². The van der Waals surface area contributed by atoms with Gasteiger partial charge in [-0.3, -0.25) is 4.79 Å². The largest absolute Gasteiger partial charge is 0.481 e. The summed E-state index contributed by atoms with van der Waals surface area (Å²) in [6.45, 7) is 2.15. The van der Waals surface area contributed by atoms with Crippen LogP contribution in [-0.2, 0) is 4.79 Å². The standard InChI is InChI=1S/C13H24O2/c1-2-3-4-5-6-7-8-9-10-11-12-13(14)15/h3-4H,2,5-12H2,1H3,(H,14,15)/b4-3-. The summed E-state index contributed by atoms with van der Waals surface area (Å²) >= 11 is 0. The van der Waals surface area contributed by atoms with Crippen molar-refractivity contribution in [3.63, 3.8) is 0 Å². The number of allylic oxidation sites excluding steroid dienone is 2. The van der Waals surface area contributed by atoms with Gasteiger partial charge in [0.1, 0.15) is 0 Å². The molecule has 0 rings (SSSR count). The van der Waals surface area contributed by atoms with Gasteiger partial charge >= 0.3 is 5.97 Å². The van der Waals surface area contributed by atoms with Gasteiger partial charge in [0, 0.05) is 6.42 Å². The van der Waals surface area contributed by atoms with E-state index in [0.29, 0.717) is 6.42 Å². The molecule has 0 atom stereocenters. The number of hydrogen-bond acceptors (Lipinski definition) is 1. The van der Waals surface area contributed by atoms with Crippen LogP contribution in [0.25, 0.3) is 0 Å². The summed E-state index contributed by atoms with van der Waals surface area (Å²) in [5, 5.41) is 8.43. The first-order valence-electron chi connectivity index (χ1n) is 6.14. The molecule has 0 saturated carbocycles. The molecule has 0 heterocycles. The highest BCUT2D eigenvalue weighted by Gasteiger charge is 1.95. The Kier molecular flexibility index (Phi) is 10.7. The maximum absolute atomic E-state index is 10.2. The molecule has 0 fully saturated rings. The molecule has 0 aromatic carbocycles. The van der Waals surface area contributed by atoms with Crippen molar-refractivity contribution < 1.29 is 9.90 Å². The van der Waals surface area contributed by atoms with E-state index in [4.69, 9.17) is 5.11 Å². The summed E-state index contributed by atoms with van der Waals surface area (Å²) in [5.74, 6) is -0.667. The Bertz CT molecular complexity index is 173. The molecule has 0 amide bonds. The zero-order chi connectivity index (χ0) is 11.4. The molecule has 2 nitrogen and oxygen atoms in total. The molecule has 0 aliphatic rings. The van der Waals surface area contributed by atoms with E-state index in [2.05, 4.69) is 19.1 Å². The highest BCUT2D eigenvalue weighted by molar-refractivity contribution is 5.66. The van der Waals surface area contributed by atoms with Crippen LogP contribution < -0.4 is 0 Å². The van der Waals surface area contributed by atoms with E-state index in [-0.39, 0.29) is 0 Å². The van der Waals surface area contributed by atoms with Crippen LogP contribution in [0.1, 0.15) is 64.7 Å². The van der Waals surface area contributed by atoms with Gasteiger partial charge in [-0.2, -0.15) is 0 Å². The van der Waals surface area contributed by atoms with Crippen molar-refractivity contribution in [2.45, 2.75) is 64.7 Å². The summed E-state index contributed by atoms with van der Waals surface area (Å²) < 4.78 is 0. The molecular formula is C13H24O2. The molecule has 0 aromatic rings. The lowest BCUT2D eigenvalue weighted by atomic mass is 10.1. The van der Waals surface area contributed by atoms with Gasteiger partial charge in [-0.25, -0.2) is 0 Å². The van der Waals surface area contributed by atoms with E-state index in [1.165, 1.54) is 32.1 Å². The Balaban J connectivity index is 2.99. The summed E-state index contributed by atoms with van der Waals surface area (Å²) in [6.07, 6.45) is 14.0. The quantitative estimate of drug-likeness (QED) is 0.436.